The molecule has 2 heterocycles. The summed E-state index contributed by atoms with van der Waals surface area (Å²) in [4.78, 5) is 13.5. The molecule has 0 fully saturated rings. The molecule has 0 spiro atoms. The summed E-state index contributed by atoms with van der Waals surface area (Å²) in [5.74, 6) is -0.410. The lowest BCUT2D eigenvalue weighted by Gasteiger charge is -2.24. The summed E-state index contributed by atoms with van der Waals surface area (Å²) in [6.45, 7) is 0. The fraction of sp³-hybridized carbons (Fsp3) is 0.105. The standard InChI is InChI=1S/C19H14ClNO3S2/c20-13-6-4-5-12(9-13)15-10-17(22)21-18-16(11-25-19(15)18)26(23,24)14-7-2-1-3-8-14/h1-9,11,15H,10H2,(H,21,22)/t15-/m1/s1. The maximum Gasteiger partial charge on any atom is 0.225 e. The molecule has 1 aliphatic heterocycles. The van der Waals surface area contributed by atoms with E-state index < -0.39 is 9.84 Å². The first kappa shape index (κ1) is 17.3. The molecule has 3 aromatic rings. The molecule has 1 N–H and O–H groups in total. The average Bonchev–Trinajstić information content (AvgIpc) is 3.06. The normalized spacial score (nSPS) is 16.8. The number of amides is 1. The zero-order valence-corrected chi connectivity index (χ0v) is 15.9. The van der Waals surface area contributed by atoms with E-state index in [9.17, 15) is 13.2 Å². The molecule has 1 aliphatic rings. The van der Waals surface area contributed by atoms with Crippen molar-refractivity contribution in [3.63, 3.8) is 0 Å². The Hall–Kier alpha value is -2.15. The maximum absolute atomic E-state index is 13.0. The Balaban J connectivity index is 1.85. The third-order valence-corrected chi connectivity index (χ3v) is 7.62. The van der Waals surface area contributed by atoms with E-state index in [4.69, 9.17) is 11.6 Å². The molecule has 7 heteroatoms. The van der Waals surface area contributed by atoms with Crippen molar-refractivity contribution in [3.05, 3.63) is 75.4 Å². The molecule has 0 bridgehead atoms. The molecule has 1 amide bonds. The molecule has 0 saturated heterocycles. The molecular weight excluding hydrogens is 390 g/mol. The summed E-state index contributed by atoms with van der Waals surface area (Å²) in [7, 11) is -3.70. The van der Waals surface area contributed by atoms with E-state index in [1.165, 1.54) is 11.3 Å². The quantitative estimate of drug-likeness (QED) is 0.688. The van der Waals surface area contributed by atoms with Crippen LogP contribution >= 0.6 is 22.9 Å². The van der Waals surface area contributed by atoms with Crippen molar-refractivity contribution >= 4 is 44.4 Å². The van der Waals surface area contributed by atoms with Crippen LogP contribution in [0.4, 0.5) is 5.69 Å². The molecule has 0 saturated carbocycles. The highest BCUT2D eigenvalue weighted by Crippen LogP contribution is 2.46. The summed E-state index contributed by atoms with van der Waals surface area (Å²) >= 11 is 7.44. The molecule has 4 nitrogen and oxygen atoms in total. The Morgan fingerprint density at radius 3 is 2.58 bits per heavy atom. The van der Waals surface area contributed by atoms with E-state index in [2.05, 4.69) is 5.32 Å². The molecule has 0 radical (unpaired) electrons. The van der Waals surface area contributed by atoms with Crippen LogP contribution in [0.25, 0.3) is 0 Å². The highest BCUT2D eigenvalue weighted by atomic mass is 35.5. The summed E-state index contributed by atoms with van der Waals surface area (Å²) in [5, 5.41) is 4.95. The van der Waals surface area contributed by atoms with Crippen LogP contribution in [0.1, 0.15) is 22.8 Å². The van der Waals surface area contributed by atoms with Gasteiger partial charge in [-0.25, -0.2) is 8.42 Å². The second kappa shape index (κ2) is 6.54. The Kier molecular flexibility index (Phi) is 4.34. The summed E-state index contributed by atoms with van der Waals surface area (Å²) in [6, 6.07) is 15.6. The minimum Gasteiger partial charge on any atom is -0.324 e. The number of carbonyl (C=O) groups is 1. The number of thiophene rings is 1. The zero-order chi connectivity index (χ0) is 18.3. The van der Waals surface area contributed by atoms with Gasteiger partial charge in [0, 0.05) is 27.6 Å². The van der Waals surface area contributed by atoms with Gasteiger partial charge in [-0.3, -0.25) is 4.79 Å². The average molecular weight is 404 g/mol. The molecule has 1 atom stereocenters. The van der Waals surface area contributed by atoms with Crippen molar-refractivity contribution < 1.29 is 13.2 Å². The predicted molar refractivity (Wildman–Crippen MR) is 103 cm³/mol. The van der Waals surface area contributed by atoms with Gasteiger partial charge in [-0.05, 0) is 29.8 Å². The number of sulfone groups is 1. The van der Waals surface area contributed by atoms with Crippen LogP contribution in [0.15, 0.2) is 69.8 Å². The minimum absolute atomic E-state index is 0.142. The highest BCUT2D eigenvalue weighted by molar-refractivity contribution is 7.91. The van der Waals surface area contributed by atoms with Crippen LogP contribution < -0.4 is 5.32 Å². The van der Waals surface area contributed by atoms with Crippen molar-refractivity contribution in [2.75, 3.05) is 5.32 Å². The van der Waals surface area contributed by atoms with Crippen LogP contribution in [0.2, 0.25) is 5.02 Å². The fourth-order valence-electron chi connectivity index (χ4n) is 3.12. The van der Waals surface area contributed by atoms with Crippen LogP contribution in [0, 0.1) is 0 Å². The monoisotopic (exact) mass is 403 g/mol. The lowest BCUT2D eigenvalue weighted by molar-refractivity contribution is -0.116. The first-order valence-corrected chi connectivity index (χ1v) is 10.7. The first-order valence-electron chi connectivity index (χ1n) is 7.93. The van der Waals surface area contributed by atoms with Crippen molar-refractivity contribution in [3.8, 4) is 0 Å². The van der Waals surface area contributed by atoms with Crippen LogP contribution in [0.5, 0.6) is 0 Å². The van der Waals surface area contributed by atoms with Gasteiger partial charge in [-0.2, -0.15) is 0 Å². The number of hydrogen-bond donors (Lipinski definition) is 1. The molecule has 4 rings (SSSR count). The predicted octanol–water partition coefficient (Wildman–Crippen LogP) is 4.71. The number of rotatable bonds is 3. The van der Waals surface area contributed by atoms with E-state index in [1.54, 1.807) is 41.8 Å². The Bertz CT molecular complexity index is 1090. The number of nitrogens with one attached hydrogen (secondary N) is 1. The fourth-order valence-corrected chi connectivity index (χ4v) is 6.25. The minimum atomic E-state index is -3.70. The van der Waals surface area contributed by atoms with E-state index >= 15 is 0 Å². The van der Waals surface area contributed by atoms with Gasteiger partial charge in [0.1, 0.15) is 4.90 Å². The summed E-state index contributed by atoms with van der Waals surface area (Å²) in [6.07, 6.45) is 0.263. The van der Waals surface area contributed by atoms with Gasteiger partial charge < -0.3 is 5.32 Å². The van der Waals surface area contributed by atoms with Gasteiger partial charge in [-0.15, -0.1) is 11.3 Å². The van der Waals surface area contributed by atoms with Gasteiger partial charge in [0.25, 0.3) is 0 Å². The van der Waals surface area contributed by atoms with Crippen molar-refractivity contribution in [1.82, 2.24) is 0 Å². The number of anilines is 1. The number of carbonyl (C=O) groups excluding carboxylic acids is 1. The largest absolute Gasteiger partial charge is 0.324 e. The van der Waals surface area contributed by atoms with E-state index in [-0.39, 0.29) is 28.0 Å². The SMILES string of the molecule is O=C1C[C@H](c2cccc(Cl)c2)c2scc(S(=O)(=O)c3ccccc3)c2N1. The number of halogens is 1. The van der Waals surface area contributed by atoms with Gasteiger partial charge in [0.05, 0.1) is 10.6 Å². The lowest BCUT2D eigenvalue weighted by Crippen LogP contribution is -2.23. The molecule has 0 aliphatic carbocycles. The summed E-state index contributed by atoms with van der Waals surface area (Å²) < 4.78 is 26.0. The molecule has 0 unspecified atom stereocenters. The smallest absolute Gasteiger partial charge is 0.225 e. The van der Waals surface area contributed by atoms with E-state index in [1.807, 2.05) is 18.2 Å². The lowest BCUT2D eigenvalue weighted by atomic mass is 9.91. The third-order valence-electron chi connectivity index (χ3n) is 4.35. The number of benzene rings is 2. The molecular formula is C19H14ClNO3S2. The molecule has 26 heavy (non-hydrogen) atoms. The van der Waals surface area contributed by atoms with Crippen LogP contribution in [-0.2, 0) is 14.6 Å². The second-order valence-electron chi connectivity index (χ2n) is 6.02. The van der Waals surface area contributed by atoms with E-state index in [0.29, 0.717) is 10.7 Å². The van der Waals surface area contributed by atoms with Crippen molar-refractivity contribution in [2.45, 2.75) is 22.1 Å². The van der Waals surface area contributed by atoms with Gasteiger partial charge >= 0.3 is 0 Å². The number of hydrogen-bond acceptors (Lipinski definition) is 4. The van der Waals surface area contributed by atoms with Crippen LogP contribution in [-0.4, -0.2) is 14.3 Å². The van der Waals surface area contributed by atoms with E-state index in [0.717, 1.165) is 10.4 Å². The molecule has 132 valence electrons. The van der Waals surface area contributed by atoms with Gasteiger partial charge in [0.15, 0.2) is 0 Å². The van der Waals surface area contributed by atoms with Gasteiger partial charge in [0.2, 0.25) is 15.7 Å². The highest BCUT2D eigenvalue weighted by Gasteiger charge is 2.34. The molecule has 2 aromatic carbocycles. The third kappa shape index (κ3) is 2.94. The topological polar surface area (TPSA) is 63.2 Å². The maximum atomic E-state index is 13.0. The Labute approximate surface area is 160 Å². The van der Waals surface area contributed by atoms with Gasteiger partial charge in [-0.1, -0.05) is 41.9 Å². The Morgan fingerprint density at radius 2 is 1.85 bits per heavy atom. The second-order valence-corrected chi connectivity index (χ2v) is 9.28. The first-order chi connectivity index (χ1) is 12.5. The van der Waals surface area contributed by atoms with Crippen LogP contribution in [0.3, 0.4) is 0 Å². The summed E-state index contributed by atoms with van der Waals surface area (Å²) in [5.41, 5.74) is 1.29. The molecule has 1 aromatic heterocycles. The Morgan fingerprint density at radius 1 is 1.08 bits per heavy atom. The number of fused-ring (bicyclic) bond motifs is 1. The van der Waals surface area contributed by atoms with Crippen molar-refractivity contribution in [1.29, 1.82) is 0 Å². The zero-order valence-electron chi connectivity index (χ0n) is 13.5. The van der Waals surface area contributed by atoms with Crippen molar-refractivity contribution in [2.24, 2.45) is 0 Å².